The number of esters is 2. The van der Waals surface area contributed by atoms with E-state index in [-0.39, 0.29) is 42.8 Å². The number of amides is 1. The van der Waals surface area contributed by atoms with Gasteiger partial charge in [0.25, 0.3) is 11.7 Å². The van der Waals surface area contributed by atoms with E-state index in [9.17, 15) is 49.2 Å². The number of hydrogen-bond donors (Lipinski definition) is 4. The molecule has 17 nitrogen and oxygen atoms in total. The average Bonchev–Trinajstić information content (AvgIpc) is 3.86. The van der Waals surface area contributed by atoms with Crippen molar-refractivity contribution in [1.29, 1.82) is 0 Å². The minimum atomic E-state index is -2.46. The smallest absolute Gasteiger partial charge is 0.329 e. The number of aliphatic hydroxyl groups is 4. The Hall–Kier alpha value is -3.94. The summed E-state index contributed by atoms with van der Waals surface area (Å²) in [6.07, 6.45) is 9.10. The van der Waals surface area contributed by atoms with Gasteiger partial charge >= 0.3 is 11.9 Å². The number of aliphatic hydroxyl groups excluding tert-OH is 3. The molecule has 0 aromatic carbocycles. The number of hydrogen-bond acceptors (Lipinski definition) is 16. The van der Waals surface area contributed by atoms with Crippen molar-refractivity contribution in [2.45, 2.75) is 181 Å². The summed E-state index contributed by atoms with van der Waals surface area (Å²) < 4.78 is 35.3. The van der Waals surface area contributed by atoms with Gasteiger partial charge in [-0.15, -0.1) is 0 Å². The van der Waals surface area contributed by atoms with Crippen LogP contribution in [0.15, 0.2) is 47.6 Å². The lowest BCUT2D eigenvalue weighted by atomic mass is 9.78. The van der Waals surface area contributed by atoms with Crippen LogP contribution >= 0.6 is 0 Å². The highest BCUT2D eigenvalue weighted by molar-refractivity contribution is 6.39. The second-order valence-electron chi connectivity index (χ2n) is 21.5. The SMILES string of the molecule is CO[C@H]1C[C@@H]2CC[C@@H](C)[C@@](O)(O2)C(=O)C(=O)N2CCC[C@H]2C(=O)O[C@H]([C@H](C)C[C@@H]2CC[C@@H](OC(=O)C(C)(CO)CO)[C@H](OC)C2)CC(=O)[C@H](C)/C=C(\C)[C@@H](O)[C@@H](OC)C(=O)[C@H](C)C[C@H](C)/C=C/C=C/C=C/1C. The third-order valence-electron chi connectivity index (χ3n) is 15.7. The van der Waals surface area contributed by atoms with Gasteiger partial charge in [0.1, 0.15) is 41.7 Å². The molecule has 1 saturated carbocycles. The molecule has 3 fully saturated rings. The second kappa shape index (κ2) is 27.6. The number of fused-ring (bicyclic) bond motifs is 3. The lowest BCUT2D eigenvalue weighted by Gasteiger charge is -2.41. The Bertz CT molecular complexity index is 1990. The van der Waals surface area contributed by atoms with Crippen LogP contribution in [0.2, 0.25) is 0 Å². The van der Waals surface area contributed by atoms with E-state index in [0.29, 0.717) is 63.4 Å². The standard InChI is InChI=1S/C55H85NO16/c1-32-16-13-12-14-17-33(2)44(67-9)28-40-21-19-38(7)55(66,72-40)50(62)51(63)56-23-15-18-41(56)52(64)70-45(29-42(59)34(3)25-37(6)48(61)49(69-11)47(60)36(5)24-32)35(4)26-39-20-22-43(46(27-39)68-10)71-53(65)54(8,30-57)31-58/h12-14,16-17,25,32,34-36,38-41,43-46,48-49,57-58,61,66H,15,18-24,26-31H2,1-11H3/b14-12+,16-13+,33-17+,37-25+/t32-,34-,35-,36-,38-,39+,40+,41+,43-,44+,45+,46-,48-,49+,55-/m1/s1. The summed E-state index contributed by atoms with van der Waals surface area (Å²) in [5.41, 5.74) is -0.279. The molecule has 2 saturated heterocycles. The highest BCUT2D eigenvalue weighted by Gasteiger charge is 2.53. The molecule has 0 spiro atoms. The number of ether oxygens (including phenoxy) is 6. The van der Waals surface area contributed by atoms with Gasteiger partial charge in [0.05, 0.1) is 31.5 Å². The minimum absolute atomic E-state index is 0.00639. The zero-order chi connectivity index (χ0) is 53.7. The fourth-order valence-corrected chi connectivity index (χ4v) is 10.5. The summed E-state index contributed by atoms with van der Waals surface area (Å²) in [5, 5.41) is 43.0. The van der Waals surface area contributed by atoms with Crippen LogP contribution in [0.5, 0.6) is 0 Å². The molecule has 3 aliphatic heterocycles. The van der Waals surface area contributed by atoms with Crippen LogP contribution in [0.3, 0.4) is 0 Å². The van der Waals surface area contributed by atoms with Gasteiger partial charge < -0.3 is 53.7 Å². The van der Waals surface area contributed by atoms with Crippen molar-refractivity contribution in [3.63, 3.8) is 0 Å². The quantitative estimate of drug-likeness (QED) is 0.123. The molecule has 17 heteroatoms. The van der Waals surface area contributed by atoms with Gasteiger partial charge in [-0.2, -0.15) is 0 Å². The zero-order valence-electron chi connectivity index (χ0n) is 44.6. The monoisotopic (exact) mass is 1020 g/mol. The molecular weight excluding hydrogens is 931 g/mol. The molecule has 15 atom stereocenters. The Morgan fingerprint density at radius 3 is 2.21 bits per heavy atom. The summed E-state index contributed by atoms with van der Waals surface area (Å²) in [6.45, 7) is 12.7. The number of carbonyl (C=O) groups excluding carboxylic acids is 6. The Morgan fingerprint density at radius 1 is 0.875 bits per heavy atom. The van der Waals surface area contributed by atoms with E-state index < -0.39 is 120 Å². The van der Waals surface area contributed by atoms with Crippen molar-refractivity contribution in [2.75, 3.05) is 41.1 Å². The summed E-state index contributed by atoms with van der Waals surface area (Å²) in [5.74, 6) is -9.37. The van der Waals surface area contributed by atoms with Crippen molar-refractivity contribution in [3.8, 4) is 0 Å². The fourth-order valence-electron chi connectivity index (χ4n) is 10.5. The molecule has 0 aromatic rings. The first-order valence-electron chi connectivity index (χ1n) is 25.9. The van der Waals surface area contributed by atoms with Gasteiger partial charge in [0, 0.05) is 58.5 Å². The second-order valence-corrected chi connectivity index (χ2v) is 21.5. The Labute approximate surface area is 426 Å². The molecule has 1 aliphatic carbocycles. The van der Waals surface area contributed by atoms with Gasteiger partial charge in [0.15, 0.2) is 5.78 Å². The first-order chi connectivity index (χ1) is 34.0. The number of cyclic esters (lactones) is 1. The van der Waals surface area contributed by atoms with Crippen LogP contribution in [-0.4, -0.2) is 156 Å². The zero-order valence-corrected chi connectivity index (χ0v) is 44.6. The van der Waals surface area contributed by atoms with Crippen molar-refractivity contribution < 1.29 is 77.6 Å². The largest absolute Gasteiger partial charge is 0.460 e. The van der Waals surface area contributed by atoms with Crippen LogP contribution in [0.25, 0.3) is 0 Å². The third kappa shape index (κ3) is 15.3. The van der Waals surface area contributed by atoms with Gasteiger partial charge in [-0.05, 0) is 107 Å². The molecule has 0 unspecified atom stereocenters. The first kappa shape index (κ1) is 60.6. The normalized spacial score (nSPS) is 37.6. The summed E-state index contributed by atoms with van der Waals surface area (Å²) in [4.78, 5) is 84.8. The number of methoxy groups -OCH3 is 3. The van der Waals surface area contributed by atoms with E-state index in [4.69, 9.17) is 28.4 Å². The van der Waals surface area contributed by atoms with E-state index in [1.54, 1.807) is 40.9 Å². The average molecular weight is 1020 g/mol. The molecule has 0 radical (unpaired) electrons. The summed E-state index contributed by atoms with van der Waals surface area (Å²) in [6, 6.07) is -1.19. The van der Waals surface area contributed by atoms with Crippen LogP contribution < -0.4 is 0 Å². The van der Waals surface area contributed by atoms with E-state index in [2.05, 4.69) is 0 Å². The van der Waals surface area contributed by atoms with E-state index >= 15 is 0 Å². The maximum atomic E-state index is 14.4. The topological polar surface area (TPSA) is 242 Å². The van der Waals surface area contributed by atoms with Crippen LogP contribution in [-0.2, 0) is 57.2 Å². The number of Topliss-reactive ketones (excluding diaryl/α,β-unsaturated/α-hetero) is 3. The van der Waals surface area contributed by atoms with E-state index in [0.717, 1.165) is 10.5 Å². The lowest BCUT2D eigenvalue weighted by molar-refractivity contribution is -0.265. The Kier molecular flexibility index (Phi) is 23.2. The molecular formula is C55H85NO16. The Balaban J connectivity index is 1.67. The Morgan fingerprint density at radius 2 is 1.57 bits per heavy atom. The van der Waals surface area contributed by atoms with E-state index in [1.165, 1.54) is 21.1 Å². The molecule has 4 aliphatic rings. The van der Waals surface area contributed by atoms with Crippen molar-refractivity contribution in [3.05, 3.63) is 47.6 Å². The van der Waals surface area contributed by atoms with Crippen molar-refractivity contribution in [1.82, 2.24) is 4.90 Å². The van der Waals surface area contributed by atoms with Crippen LogP contribution in [0, 0.1) is 40.9 Å². The number of nitrogens with zero attached hydrogens (tertiary/aromatic N) is 1. The molecule has 4 N–H and O–H groups in total. The molecule has 2 bridgehead atoms. The number of rotatable bonds is 10. The molecule has 406 valence electrons. The highest BCUT2D eigenvalue weighted by Crippen LogP contribution is 2.38. The summed E-state index contributed by atoms with van der Waals surface area (Å²) in [7, 11) is 4.42. The van der Waals surface area contributed by atoms with Gasteiger partial charge in [-0.1, -0.05) is 71.1 Å². The maximum absolute atomic E-state index is 14.4. The molecule has 4 rings (SSSR count). The molecule has 0 aromatic heterocycles. The lowest BCUT2D eigenvalue weighted by Crippen LogP contribution is -2.59. The molecule has 72 heavy (non-hydrogen) atoms. The van der Waals surface area contributed by atoms with Crippen molar-refractivity contribution in [2.24, 2.45) is 40.9 Å². The van der Waals surface area contributed by atoms with Gasteiger partial charge in [-0.25, -0.2) is 4.79 Å². The summed E-state index contributed by atoms with van der Waals surface area (Å²) >= 11 is 0. The number of ketones is 3. The predicted molar refractivity (Wildman–Crippen MR) is 267 cm³/mol. The fraction of sp³-hybridized carbons (Fsp3) is 0.745. The van der Waals surface area contributed by atoms with Gasteiger partial charge in [-0.3, -0.25) is 24.0 Å². The number of allylic oxidation sites excluding steroid dienone is 6. The van der Waals surface area contributed by atoms with Crippen LogP contribution in [0.1, 0.15) is 126 Å². The first-order valence-corrected chi connectivity index (χ1v) is 25.9. The highest BCUT2D eigenvalue weighted by atomic mass is 16.6. The minimum Gasteiger partial charge on any atom is -0.460 e. The predicted octanol–water partition coefficient (Wildman–Crippen LogP) is 5.33. The van der Waals surface area contributed by atoms with E-state index in [1.807, 2.05) is 51.2 Å². The maximum Gasteiger partial charge on any atom is 0.329 e. The number of carbonyl (C=O) groups is 6. The van der Waals surface area contributed by atoms with Crippen LogP contribution in [0.4, 0.5) is 0 Å². The molecule has 1 amide bonds. The molecule has 3 heterocycles. The van der Waals surface area contributed by atoms with Crippen molar-refractivity contribution >= 4 is 35.2 Å². The third-order valence-corrected chi connectivity index (χ3v) is 15.7. The van der Waals surface area contributed by atoms with Gasteiger partial charge in [0.2, 0.25) is 5.79 Å².